The Morgan fingerprint density at radius 1 is 1.10 bits per heavy atom. The van der Waals surface area contributed by atoms with Gasteiger partial charge in [0.05, 0.1) is 4.90 Å². The van der Waals surface area contributed by atoms with E-state index < -0.39 is 9.84 Å². The average molecular weight is 348 g/mol. The smallest absolute Gasteiger partial charge is 0.175 e. The molecule has 0 atom stereocenters. The summed E-state index contributed by atoms with van der Waals surface area (Å²) in [5, 5.41) is 0.749. The van der Waals surface area contributed by atoms with Crippen LogP contribution in [0.4, 0.5) is 0 Å². The van der Waals surface area contributed by atoms with E-state index in [9.17, 15) is 8.42 Å². The highest BCUT2D eigenvalue weighted by molar-refractivity contribution is 7.98. The zero-order chi connectivity index (χ0) is 14.8. The zero-order valence-electron chi connectivity index (χ0n) is 10.5. The number of hydrogen-bond donors (Lipinski definition) is 0. The SMILES string of the molecule is CS(=O)(=O)c1ccc(SCc2ccc(Cl)nc2Cl)cc1. The largest absolute Gasteiger partial charge is 0.224 e. The molecule has 106 valence electrons. The average Bonchev–Trinajstić information content (AvgIpc) is 2.37. The molecule has 2 aromatic rings. The first-order valence-electron chi connectivity index (χ1n) is 5.60. The number of hydrogen-bond acceptors (Lipinski definition) is 4. The van der Waals surface area contributed by atoms with Gasteiger partial charge >= 0.3 is 0 Å². The second-order valence-electron chi connectivity index (χ2n) is 4.12. The Labute approximate surface area is 132 Å². The first kappa shape index (κ1) is 15.6. The maximum absolute atomic E-state index is 11.4. The molecule has 0 spiro atoms. The maximum atomic E-state index is 11.4. The number of nitrogens with zero attached hydrogens (tertiary/aromatic N) is 1. The molecule has 0 aliphatic heterocycles. The van der Waals surface area contributed by atoms with Crippen LogP contribution in [0.2, 0.25) is 10.3 Å². The van der Waals surface area contributed by atoms with Gasteiger partial charge < -0.3 is 0 Å². The summed E-state index contributed by atoms with van der Waals surface area (Å²) in [7, 11) is -3.15. The number of aromatic nitrogens is 1. The van der Waals surface area contributed by atoms with Gasteiger partial charge in [0, 0.05) is 16.9 Å². The number of benzene rings is 1. The summed E-state index contributed by atoms with van der Waals surface area (Å²) in [6.07, 6.45) is 1.19. The van der Waals surface area contributed by atoms with Crippen molar-refractivity contribution in [2.24, 2.45) is 0 Å². The Morgan fingerprint density at radius 3 is 2.30 bits per heavy atom. The predicted octanol–water partition coefficient (Wildman–Crippen LogP) is 4.08. The molecule has 0 fully saturated rings. The highest BCUT2D eigenvalue weighted by atomic mass is 35.5. The Balaban J connectivity index is 2.08. The molecule has 0 saturated carbocycles. The Bertz CT molecular complexity index is 716. The summed E-state index contributed by atoms with van der Waals surface area (Å²) in [6.45, 7) is 0. The van der Waals surface area contributed by atoms with Crippen LogP contribution in [-0.4, -0.2) is 19.7 Å². The third-order valence-corrected chi connectivity index (χ3v) is 5.27. The van der Waals surface area contributed by atoms with E-state index in [2.05, 4.69) is 4.98 Å². The van der Waals surface area contributed by atoms with Crippen LogP contribution in [0.3, 0.4) is 0 Å². The fourth-order valence-corrected chi connectivity index (χ4v) is 3.50. The zero-order valence-corrected chi connectivity index (χ0v) is 13.7. The van der Waals surface area contributed by atoms with Crippen molar-refractivity contribution in [3.8, 4) is 0 Å². The molecule has 0 bridgehead atoms. The molecule has 3 nitrogen and oxygen atoms in total. The van der Waals surface area contributed by atoms with Crippen molar-refractivity contribution in [1.29, 1.82) is 0 Å². The normalized spacial score (nSPS) is 11.6. The predicted molar refractivity (Wildman–Crippen MR) is 83.4 cm³/mol. The van der Waals surface area contributed by atoms with Gasteiger partial charge in [-0.3, -0.25) is 0 Å². The highest BCUT2D eigenvalue weighted by Crippen LogP contribution is 2.27. The molecule has 0 saturated heterocycles. The van der Waals surface area contributed by atoms with Gasteiger partial charge in [-0.05, 0) is 35.9 Å². The Morgan fingerprint density at radius 2 is 1.75 bits per heavy atom. The van der Waals surface area contributed by atoms with Gasteiger partial charge in [-0.2, -0.15) is 0 Å². The summed E-state index contributed by atoms with van der Waals surface area (Å²) in [4.78, 5) is 5.24. The molecule has 0 unspecified atom stereocenters. The second-order valence-corrected chi connectivity index (χ2v) is 7.93. The molecule has 2 rings (SSSR count). The third-order valence-electron chi connectivity index (χ3n) is 2.54. The fraction of sp³-hybridized carbons (Fsp3) is 0.154. The van der Waals surface area contributed by atoms with Crippen molar-refractivity contribution in [2.45, 2.75) is 15.5 Å². The second kappa shape index (κ2) is 6.35. The van der Waals surface area contributed by atoms with E-state index in [0.29, 0.717) is 21.0 Å². The molecule has 7 heteroatoms. The lowest BCUT2D eigenvalue weighted by molar-refractivity contribution is 0.602. The highest BCUT2D eigenvalue weighted by Gasteiger charge is 2.07. The van der Waals surface area contributed by atoms with Gasteiger partial charge in [0.2, 0.25) is 0 Å². The van der Waals surface area contributed by atoms with Gasteiger partial charge in [0.25, 0.3) is 0 Å². The summed E-state index contributed by atoms with van der Waals surface area (Å²) in [5.41, 5.74) is 0.883. The van der Waals surface area contributed by atoms with E-state index in [4.69, 9.17) is 23.2 Å². The molecular formula is C13H11Cl2NO2S2. The standard InChI is InChI=1S/C13H11Cl2NO2S2/c1-20(17,18)11-5-3-10(4-6-11)19-8-9-2-7-12(14)16-13(9)15/h2-7H,8H2,1H3. The van der Waals surface area contributed by atoms with E-state index in [1.807, 2.05) is 6.07 Å². The van der Waals surface area contributed by atoms with E-state index in [0.717, 1.165) is 10.5 Å². The van der Waals surface area contributed by atoms with Crippen LogP contribution in [0.15, 0.2) is 46.2 Å². The van der Waals surface area contributed by atoms with Gasteiger partial charge in [-0.15, -0.1) is 11.8 Å². The van der Waals surface area contributed by atoms with Crippen LogP contribution < -0.4 is 0 Å². The molecule has 1 heterocycles. The minimum atomic E-state index is -3.15. The van der Waals surface area contributed by atoms with Gasteiger partial charge in [-0.25, -0.2) is 13.4 Å². The fourth-order valence-electron chi connectivity index (χ4n) is 1.49. The lowest BCUT2D eigenvalue weighted by Gasteiger charge is -2.05. The summed E-state index contributed by atoms with van der Waals surface area (Å²) in [6, 6.07) is 10.3. The van der Waals surface area contributed by atoms with Crippen molar-refractivity contribution in [3.63, 3.8) is 0 Å². The minimum Gasteiger partial charge on any atom is -0.224 e. The van der Waals surface area contributed by atoms with Crippen LogP contribution in [0.1, 0.15) is 5.56 Å². The van der Waals surface area contributed by atoms with E-state index >= 15 is 0 Å². The van der Waals surface area contributed by atoms with Crippen molar-refractivity contribution in [2.75, 3.05) is 6.26 Å². The molecule has 0 amide bonds. The third kappa shape index (κ3) is 4.12. The first-order valence-corrected chi connectivity index (χ1v) is 9.23. The molecule has 0 N–H and O–H groups in total. The van der Waals surface area contributed by atoms with E-state index in [1.54, 1.807) is 42.1 Å². The lowest BCUT2D eigenvalue weighted by Crippen LogP contribution is -1.96. The van der Waals surface area contributed by atoms with Crippen molar-refractivity contribution >= 4 is 44.8 Å². The quantitative estimate of drug-likeness (QED) is 0.617. The molecule has 20 heavy (non-hydrogen) atoms. The minimum absolute atomic E-state index is 0.313. The summed E-state index contributed by atoms with van der Waals surface area (Å²) in [5.74, 6) is 0.640. The number of pyridine rings is 1. The molecule has 0 aliphatic rings. The first-order chi connectivity index (χ1) is 9.36. The number of rotatable bonds is 4. The Hall–Kier alpha value is -0.750. The molecular weight excluding hydrogens is 337 g/mol. The topological polar surface area (TPSA) is 47.0 Å². The monoisotopic (exact) mass is 347 g/mol. The van der Waals surface area contributed by atoms with E-state index in [1.165, 1.54) is 6.26 Å². The maximum Gasteiger partial charge on any atom is 0.175 e. The lowest BCUT2D eigenvalue weighted by atomic mass is 10.3. The molecule has 1 aromatic heterocycles. The van der Waals surface area contributed by atoms with Crippen molar-refractivity contribution in [3.05, 3.63) is 52.3 Å². The molecule has 0 aliphatic carbocycles. The van der Waals surface area contributed by atoms with Gasteiger partial charge in [0.15, 0.2) is 9.84 Å². The van der Waals surface area contributed by atoms with Crippen LogP contribution in [0, 0.1) is 0 Å². The van der Waals surface area contributed by atoms with Crippen LogP contribution in [-0.2, 0) is 15.6 Å². The van der Waals surface area contributed by atoms with Crippen molar-refractivity contribution < 1.29 is 8.42 Å². The Kier molecular flexibility index (Phi) is 4.96. The number of thioether (sulfide) groups is 1. The van der Waals surface area contributed by atoms with Crippen molar-refractivity contribution in [1.82, 2.24) is 4.98 Å². The number of sulfone groups is 1. The molecule has 1 aromatic carbocycles. The van der Waals surface area contributed by atoms with Gasteiger partial charge in [0.1, 0.15) is 10.3 Å². The summed E-state index contributed by atoms with van der Waals surface area (Å²) < 4.78 is 22.7. The van der Waals surface area contributed by atoms with E-state index in [-0.39, 0.29) is 0 Å². The van der Waals surface area contributed by atoms with Crippen LogP contribution >= 0.6 is 35.0 Å². The molecule has 0 radical (unpaired) electrons. The van der Waals surface area contributed by atoms with Crippen LogP contribution in [0.5, 0.6) is 0 Å². The van der Waals surface area contributed by atoms with Gasteiger partial charge in [-0.1, -0.05) is 29.3 Å². The van der Waals surface area contributed by atoms with Crippen LogP contribution in [0.25, 0.3) is 0 Å². The summed E-state index contributed by atoms with van der Waals surface area (Å²) >= 11 is 13.3. The number of halogens is 2.